The molecule has 0 aromatic heterocycles. The molecule has 1 amide bonds. The molecule has 0 unspecified atom stereocenters. The second kappa shape index (κ2) is 9.57. The number of hydrogen-bond donors (Lipinski definition) is 1. The molecule has 0 saturated carbocycles. The first-order chi connectivity index (χ1) is 12.2. The highest BCUT2D eigenvalue weighted by atomic mass is 16.5. The van der Waals surface area contributed by atoms with E-state index in [-0.39, 0.29) is 5.91 Å². The van der Waals surface area contributed by atoms with E-state index in [4.69, 9.17) is 9.47 Å². The van der Waals surface area contributed by atoms with Crippen LogP contribution in [0.15, 0.2) is 48.5 Å². The van der Waals surface area contributed by atoms with Gasteiger partial charge < -0.3 is 19.7 Å². The van der Waals surface area contributed by atoms with Crippen molar-refractivity contribution in [3.63, 3.8) is 0 Å². The number of nitrogens with one attached hydrogen (secondary N) is 1. The molecule has 0 saturated heterocycles. The third kappa shape index (κ3) is 5.41. The summed E-state index contributed by atoms with van der Waals surface area (Å²) < 4.78 is 10.5. The summed E-state index contributed by atoms with van der Waals surface area (Å²) in [6, 6.07) is 15.6. The molecule has 134 valence electrons. The summed E-state index contributed by atoms with van der Waals surface area (Å²) in [6.45, 7) is 3.88. The molecule has 5 heteroatoms. The zero-order valence-electron chi connectivity index (χ0n) is 15.1. The summed E-state index contributed by atoms with van der Waals surface area (Å²) >= 11 is 0. The number of hydrogen-bond acceptors (Lipinski definition) is 4. The van der Waals surface area contributed by atoms with Crippen molar-refractivity contribution in [3.05, 3.63) is 54.1 Å². The first-order valence-corrected chi connectivity index (χ1v) is 8.45. The summed E-state index contributed by atoms with van der Waals surface area (Å²) in [5, 5.41) is 3.26. The largest absolute Gasteiger partial charge is 0.497 e. The molecular weight excluding hydrogens is 316 g/mol. The SMILES string of the molecule is CCN(Cc1ccccc1)C(=O)CCNc1ccc(OC)cc1OC. The second-order valence-corrected chi connectivity index (χ2v) is 5.64. The van der Waals surface area contributed by atoms with Crippen molar-refractivity contribution in [3.8, 4) is 11.5 Å². The highest BCUT2D eigenvalue weighted by molar-refractivity contribution is 5.77. The molecular formula is C20H26N2O3. The van der Waals surface area contributed by atoms with Crippen LogP contribution in [0, 0.1) is 0 Å². The molecule has 5 nitrogen and oxygen atoms in total. The van der Waals surface area contributed by atoms with Crippen LogP contribution in [0.5, 0.6) is 11.5 Å². The van der Waals surface area contributed by atoms with Crippen molar-refractivity contribution in [1.82, 2.24) is 4.90 Å². The lowest BCUT2D eigenvalue weighted by atomic mass is 10.2. The minimum absolute atomic E-state index is 0.131. The Balaban J connectivity index is 1.88. The monoisotopic (exact) mass is 342 g/mol. The van der Waals surface area contributed by atoms with Gasteiger partial charge in [-0.3, -0.25) is 4.79 Å². The lowest BCUT2D eigenvalue weighted by Gasteiger charge is -2.21. The number of amides is 1. The Labute approximate surface area is 149 Å². The fourth-order valence-corrected chi connectivity index (χ4v) is 2.59. The highest BCUT2D eigenvalue weighted by Crippen LogP contribution is 2.28. The van der Waals surface area contributed by atoms with Crippen molar-refractivity contribution in [1.29, 1.82) is 0 Å². The van der Waals surface area contributed by atoms with Gasteiger partial charge in [0.1, 0.15) is 11.5 Å². The molecule has 0 aliphatic carbocycles. The standard InChI is InChI=1S/C20H26N2O3/c1-4-22(15-16-8-6-5-7-9-16)20(23)12-13-21-18-11-10-17(24-2)14-19(18)25-3/h5-11,14,21H,4,12-13,15H2,1-3H3. The Morgan fingerprint density at radius 2 is 1.84 bits per heavy atom. The van der Waals surface area contributed by atoms with Crippen molar-refractivity contribution >= 4 is 11.6 Å². The predicted octanol–water partition coefficient (Wildman–Crippen LogP) is 3.55. The third-order valence-electron chi connectivity index (χ3n) is 4.01. The van der Waals surface area contributed by atoms with Gasteiger partial charge in [0.25, 0.3) is 0 Å². The van der Waals surface area contributed by atoms with E-state index >= 15 is 0 Å². The van der Waals surface area contributed by atoms with Crippen LogP contribution in [0.2, 0.25) is 0 Å². The fraction of sp³-hybridized carbons (Fsp3) is 0.350. The van der Waals surface area contributed by atoms with Crippen LogP contribution in [0.1, 0.15) is 18.9 Å². The Hall–Kier alpha value is -2.69. The number of anilines is 1. The molecule has 2 aromatic rings. The van der Waals surface area contributed by atoms with E-state index < -0.39 is 0 Å². The number of methoxy groups -OCH3 is 2. The minimum atomic E-state index is 0.131. The van der Waals surface area contributed by atoms with Crippen LogP contribution in [0.4, 0.5) is 5.69 Å². The molecule has 0 heterocycles. The van der Waals surface area contributed by atoms with Crippen LogP contribution in [0.25, 0.3) is 0 Å². The van der Waals surface area contributed by atoms with Crippen LogP contribution in [-0.2, 0) is 11.3 Å². The summed E-state index contributed by atoms with van der Waals surface area (Å²) in [6.07, 6.45) is 0.426. The lowest BCUT2D eigenvalue weighted by molar-refractivity contribution is -0.131. The molecule has 0 aliphatic heterocycles. The molecule has 2 aromatic carbocycles. The summed E-state index contributed by atoms with van der Waals surface area (Å²) in [7, 11) is 3.23. The Morgan fingerprint density at radius 1 is 1.08 bits per heavy atom. The van der Waals surface area contributed by atoms with Gasteiger partial charge in [0.15, 0.2) is 0 Å². The average molecular weight is 342 g/mol. The minimum Gasteiger partial charge on any atom is -0.497 e. The molecule has 0 bridgehead atoms. The van der Waals surface area contributed by atoms with Gasteiger partial charge in [-0.05, 0) is 24.6 Å². The van der Waals surface area contributed by atoms with Crippen LogP contribution >= 0.6 is 0 Å². The molecule has 0 radical (unpaired) electrons. The maximum Gasteiger partial charge on any atom is 0.224 e. The van der Waals surface area contributed by atoms with Gasteiger partial charge in [-0.25, -0.2) is 0 Å². The van der Waals surface area contributed by atoms with Gasteiger partial charge in [-0.1, -0.05) is 30.3 Å². The highest BCUT2D eigenvalue weighted by Gasteiger charge is 2.12. The molecule has 1 N–H and O–H groups in total. The number of ether oxygens (including phenoxy) is 2. The predicted molar refractivity (Wildman–Crippen MR) is 100 cm³/mol. The smallest absolute Gasteiger partial charge is 0.224 e. The fourth-order valence-electron chi connectivity index (χ4n) is 2.59. The third-order valence-corrected chi connectivity index (χ3v) is 4.01. The van der Waals surface area contributed by atoms with Gasteiger partial charge >= 0.3 is 0 Å². The number of benzene rings is 2. The molecule has 2 rings (SSSR count). The average Bonchev–Trinajstić information content (AvgIpc) is 2.66. The molecule has 0 spiro atoms. The van der Waals surface area contributed by atoms with Crippen LogP contribution in [-0.4, -0.2) is 38.1 Å². The number of rotatable bonds is 9. The summed E-state index contributed by atoms with van der Waals surface area (Å²) in [5.41, 5.74) is 1.99. The van der Waals surface area contributed by atoms with E-state index in [9.17, 15) is 4.79 Å². The van der Waals surface area contributed by atoms with Crippen LogP contribution < -0.4 is 14.8 Å². The van der Waals surface area contributed by atoms with Crippen molar-refractivity contribution in [2.24, 2.45) is 0 Å². The van der Waals surface area contributed by atoms with Gasteiger partial charge in [0.2, 0.25) is 5.91 Å². The Bertz CT molecular complexity index is 674. The first-order valence-electron chi connectivity index (χ1n) is 8.45. The molecule has 0 fully saturated rings. The quantitative estimate of drug-likeness (QED) is 0.757. The van der Waals surface area contributed by atoms with Gasteiger partial charge in [0.05, 0.1) is 19.9 Å². The maximum atomic E-state index is 12.5. The normalized spacial score (nSPS) is 10.2. The van der Waals surface area contributed by atoms with E-state index in [1.165, 1.54) is 0 Å². The summed E-state index contributed by atoms with van der Waals surface area (Å²) in [5.74, 6) is 1.56. The topological polar surface area (TPSA) is 50.8 Å². The number of carbonyl (C=O) groups excluding carboxylic acids is 1. The van der Waals surface area contributed by atoms with Crippen molar-refractivity contribution in [2.45, 2.75) is 19.9 Å². The molecule has 0 aliphatic rings. The van der Waals surface area contributed by atoms with E-state index in [0.29, 0.717) is 31.8 Å². The van der Waals surface area contributed by atoms with Crippen molar-refractivity contribution in [2.75, 3.05) is 32.6 Å². The maximum absolute atomic E-state index is 12.5. The lowest BCUT2D eigenvalue weighted by Crippen LogP contribution is -2.31. The first kappa shape index (κ1) is 18.6. The Kier molecular flexibility index (Phi) is 7.14. The van der Waals surface area contributed by atoms with Gasteiger partial charge in [-0.2, -0.15) is 0 Å². The van der Waals surface area contributed by atoms with E-state index in [1.807, 2.05) is 60.4 Å². The van der Waals surface area contributed by atoms with Gasteiger partial charge in [-0.15, -0.1) is 0 Å². The zero-order valence-corrected chi connectivity index (χ0v) is 15.1. The van der Waals surface area contributed by atoms with Gasteiger partial charge in [0, 0.05) is 32.1 Å². The second-order valence-electron chi connectivity index (χ2n) is 5.64. The van der Waals surface area contributed by atoms with Crippen molar-refractivity contribution < 1.29 is 14.3 Å². The van der Waals surface area contributed by atoms with E-state index in [0.717, 1.165) is 17.0 Å². The van der Waals surface area contributed by atoms with Crippen LogP contribution in [0.3, 0.4) is 0 Å². The summed E-state index contributed by atoms with van der Waals surface area (Å²) in [4.78, 5) is 14.3. The van der Waals surface area contributed by atoms with E-state index in [1.54, 1.807) is 14.2 Å². The number of carbonyl (C=O) groups is 1. The Morgan fingerprint density at radius 3 is 2.48 bits per heavy atom. The zero-order chi connectivity index (χ0) is 18.1. The van der Waals surface area contributed by atoms with E-state index in [2.05, 4.69) is 5.32 Å². The molecule has 0 atom stereocenters. The number of nitrogens with zero attached hydrogens (tertiary/aromatic N) is 1. The molecule has 25 heavy (non-hydrogen) atoms.